The first kappa shape index (κ1) is 13.9. The molecule has 0 aliphatic heterocycles. The van der Waals surface area contributed by atoms with Crippen molar-refractivity contribution in [2.24, 2.45) is 0 Å². The summed E-state index contributed by atoms with van der Waals surface area (Å²) in [6, 6.07) is 7.95. The average molecular weight is 273 g/mol. The first-order valence-corrected chi connectivity index (χ1v) is 5.57. The van der Waals surface area contributed by atoms with E-state index in [0.717, 1.165) is 23.7 Å². The van der Waals surface area contributed by atoms with E-state index in [1.807, 2.05) is 24.3 Å². The maximum atomic E-state index is 5.70. The molecule has 2 aromatic rings. The largest absolute Gasteiger partial charge is 0.497 e. The van der Waals surface area contributed by atoms with Crippen molar-refractivity contribution < 1.29 is 4.74 Å². The Kier molecular flexibility index (Phi) is 5.32. The molecule has 0 aliphatic carbocycles. The number of aromatic amines is 1. The highest BCUT2D eigenvalue weighted by atomic mass is 35.5. The molecule has 0 bridgehead atoms. The van der Waals surface area contributed by atoms with Crippen LogP contribution in [-0.2, 0) is 12.3 Å². The predicted molar refractivity (Wildman–Crippen MR) is 71.2 cm³/mol. The van der Waals surface area contributed by atoms with Crippen molar-refractivity contribution in [3.8, 4) is 5.75 Å². The van der Waals surface area contributed by atoms with Gasteiger partial charge in [-0.05, 0) is 17.7 Å². The molecule has 17 heavy (non-hydrogen) atoms. The molecule has 0 fully saturated rings. The molecule has 1 aromatic heterocycles. The van der Waals surface area contributed by atoms with E-state index >= 15 is 0 Å². The Balaban J connectivity index is 0.00000144. The summed E-state index contributed by atoms with van der Waals surface area (Å²) in [5.74, 6) is 2.26. The molecule has 1 N–H and O–H groups in total. The zero-order chi connectivity index (χ0) is 11.4. The molecule has 0 saturated heterocycles. The van der Waals surface area contributed by atoms with Crippen LogP contribution in [0.5, 0.6) is 5.75 Å². The van der Waals surface area contributed by atoms with E-state index in [0.29, 0.717) is 5.88 Å². The number of methoxy groups -OCH3 is 1. The molecule has 3 nitrogen and oxygen atoms in total. The zero-order valence-corrected chi connectivity index (χ0v) is 11.0. The van der Waals surface area contributed by atoms with Crippen molar-refractivity contribution in [3.05, 3.63) is 47.5 Å². The first-order chi connectivity index (χ1) is 7.81. The first-order valence-electron chi connectivity index (χ1n) is 5.03. The summed E-state index contributed by atoms with van der Waals surface area (Å²) in [6.07, 6.45) is 2.55. The quantitative estimate of drug-likeness (QED) is 0.869. The van der Waals surface area contributed by atoms with Crippen molar-refractivity contribution in [2.75, 3.05) is 7.11 Å². The summed E-state index contributed by atoms with van der Waals surface area (Å²) in [6.45, 7) is 0. The second kappa shape index (κ2) is 6.52. The van der Waals surface area contributed by atoms with Crippen LogP contribution in [0.3, 0.4) is 0 Å². The minimum Gasteiger partial charge on any atom is -0.497 e. The number of hydrogen-bond acceptors (Lipinski definition) is 2. The molecular weight excluding hydrogens is 259 g/mol. The molecule has 0 amide bonds. The van der Waals surface area contributed by atoms with Gasteiger partial charge in [-0.25, -0.2) is 4.98 Å². The van der Waals surface area contributed by atoms with E-state index in [2.05, 4.69) is 9.97 Å². The van der Waals surface area contributed by atoms with Crippen LogP contribution >= 0.6 is 24.0 Å². The van der Waals surface area contributed by atoms with Gasteiger partial charge in [0.15, 0.2) is 0 Å². The Bertz CT molecular complexity index is 454. The van der Waals surface area contributed by atoms with Gasteiger partial charge in [0.1, 0.15) is 11.6 Å². The Morgan fingerprint density at radius 1 is 1.29 bits per heavy atom. The third kappa shape index (κ3) is 3.65. The highest BCUT2D eigenvalue weighted by Crippen LogP contribution is 2.13. The van der Waals surface area contributed by atoms with Crippen LogP contribution in [-0.4, -0.2) is 17.1 Å². The molecule has 1 aromatic carbocycles. The molecule has 0 unspecified atom stereocenters. The molecule has 0 radical (unpaired) electrons. The molecule has 2 rings (SSSR count). The van der Waals surface area contributed by atoms with Gasteiger partial charge in [0.05, 0.1) is 13.0 Å². The Morgan fingerprint density at radius 3 is 2.53 bits per heavy atom. The minimum absolute atomic E-state index is 0. The fraction of sp³-hybridized carbons (Fsp3) is 0.250. The van der Waals surface area contributed by atoms with Crippen molar-refractivity contribution >= 4 is 24.0 Å². The van der Waals surface area contributed by atoms with Crippen molar-refractivity contribution in [1.29, 1.82) is 0 Å². The minimum atomic E-state index is 0. The lowest BCUT2D eigenvalue weighted by Crippen LogP contribution is -1.91. The number of H-pyrrole nitrogens is 1. The SMILES string of the molecule is COc1ccc(Cc2ncc(CCl)[nH]2)cc1.Cl. The standard InChI is InChI=1S/C12H13ClN2O.ClH/c1-16-11-4-2-9(3-5-11)6-12-14-8-10(7-13)15-12;/h2-5,8H,6-7H2,1H3,(H,14,15);1H. The number of ether oxygens (including phenoxy) is 1. The Hall–Kier alpha value is -1.19. The predicted octanol–water partition coefficient (Wildman–Crippen LogP) is 3.17. The molecule has 0 aliphatic rings. The van der Waals surface area contributed by atoms with Gasteiger partial charge in [0, 0.05) is 18.3 Å². The summed E-state index contributed by atoms with van der Waals surface area (Å²) in [4.78, 5) is 7.42. The fourth-order valence-corrected chi connectivity index (χ4v) is 1.64. The number of imidazole rings is 1. The second-order valence-electron chi connectivity index (χ2n) is 3.51. The van der Waals surface area contributed by atoms with Crippen LogP contribution in [0.25, 0.3) is 0 Å². The second-order valence-corrected chi connectivity index (χ2v) is 3.78. The number of aromatic nitrogens is 2. The van der Waals surface area contributed by atoms with Crippen LogP contribution in [0.2, 0.25) is 0 Å². The highest BCUT2D eigenvalue weighted by molar-refractivity contribution is 6.16. The summed E-state index contributed by atoms with van der Waals surface area (Å²) < 4.78 is 5.10. The topological polar surface area (TPSA) is 37.9 Å². The smallest absolute Gasteiger partial charge is 0.118 e. The lowest BCUT2D eigenvalue weighted by molar-refractivity contribution is 0.414. The van der Waals surface area contributed by atoms with E-state index < -0.39 is 0 Å². The summed E-state index contributed by atoms with van der Waals surface area (Å²) in [5, 5.41) is 0. The molecule has 92 valence electrons. The monoisotopic (exact) mass is 272 g/mol. The number of nitrogens with one attached hydrogen (secondary N) is 1. The third-order valence-corrected chi connectivity index (χ3v) is 2.64. The van der Waals surface area contributed by atoms with E-state index in [4.69, 9.17) is 16.3 Å². The summed E-state index contributed by atoms with van der Waals surface area (Å²) >= 11 is 5.70. The molecular formula is C12H14Cl2N2O. The van der Waals surface area contributed by atoms with Crippen molar-refractivity contribution in [3.63, 3.8) is 0 Å². The fourth-order valence-electron chi connectivity index (χ4n) is 1.50. The van der Waals surface area contributed by atoms with Gasteiger partial charge in [0.2, 0.25) is 0 Å². The van der Waals surface area contributed by atoms with Crippen LogP contribution < -0.4 is 4.74 Å². The lowest BCUT2D eigenvalue weighted by atomic mass is 10.1. The lowest BCUT2D eigenvalue weighted by Gasteiger charge is -2.01. The van der Waals surface area contributed by atoms with E-state index in [9.17, 15) is 0 Å². The highest BCUT2D eigenvalue weighted by Gasteiger charge is 2.01. The number of benzene rings is 1. The van der Waals surface area contributed by atoms with E-state index in [1.54, 1.807) is 13.3 Å². The molecule has 1 heterocycles. The Labute approximate surface area is 112 Å². The van der Waals surface area contributed by atoms with E-state index in [-0.39, 0.29) is 12.4 Å². The van der Waals surface area contributed by atoms with Gasteiger partial charge in [0.25, 0.3) is 0 Å². The van der Waals surface area contributed by atoms with Crippen molar-refractivity contribution in [2.45, 2.75) is 12.3 Å². The summed E-state index contributed by atoms with van der Waals surface area (Å²) in [7, 11) is 1.66. The van der Waals surface area contributed by atoms with Crippen LogP contribution in [0.4, 0.5) is 0 Å². The number of hydrogen-bond donors (Lipinski definition) is 1. The van der Waals surface area contributed by atoms with Crippen LogP contribution in [0.1, 0.15) is 17.1 Å². The van der Waals surface area contributed by atoms with Gasteiger partial charge < -0.3 is 9.72 Å². The maximum absolute atomic E-state index is 5.70. The van der Waals surface area contributed by atoms with Gasteiger partial charge in [-0.1, -0.05) is 12.1 Å². The van der Waals surface area contributed by atoms with Gasteiger partial charge in [-0.3, -0.25) is 0 Å². The van der Waals surface area contributed by atoms with E-state index in [1.165, 1.54) is 5.56 Å². The zero-order valence-electron chi connectivity index (χ0n) is 9.44. The van der Waals surface area contributed by atoms with Crippen molar-refractivity contribution in [1.82, 2.24) is 9.97 Å². The number of rotatable bonds is 4. The normalized spacial score (nSPS) is 9.76. The van der Waals surface area contributed by atoms with Crippen LogP contribution in [0.15, 0.2) is 30.5 Å². The number of nitrogens with zero attached hydrogens (tertiary/aromatic N) is 1. The van der Waals surface area contributed by atoms with Crippen LogP contribution in [0, 0.1) is 0 Å². The third-order valence-electron chi connectivity index (χ3n) is 2.36. The molecule has 0 atom stereocenters. The molecule has 0 spiro atoms. The maximum Gasteiger partial charge on any atom is 0.118 e. The van der Waals surface area contributed by atoms with Gasteiger partial charge in [-0.2, -0.15) is 0 Å². The Morgan fingerprint density at radius 2 is 2.00 bits per heavy atom. The number of halogens is 2. The van der Waals surface area contributed by atoms with Gasteiger partial charge in [-0.15, -0.1) is 24.0 Å². The van der Waals surface area contributed by atoms with Gasteiger partial charge >= 0.3 is 0 Å². The summed E-state index contributed by atoms with van der Waals surface area (Å²) in [5.41, 5.74) is 2.14. The number of alkyl halides is 1. The molecule has 5 heteroatoms. The average Bonchev–Trinajstić information content (AvgIpc) is 2.78. The molecule has 0 saturated carbocycles.